The second-order valence-corrected chi connectivity index (χ2v) is 8.73. The Hall–Kier alpha value is -3.82. The van der Waals surface area contributed by atoms with Gasteiger partial charge in [0.05, 0.1) is 0 Å². The molecule has 2 N–H and O–H groups in total. The Labute approximate surface area is 195 Å². The summed E-state index contributed by atoms with van der Waals surface area (Å²) in [6.45, 7) is 1.87. The summed E-state index contributed by atoms with van der Waals surface area (Å²) in [5, 5.41) is 5.36. The molecule has 3 aromatic rings. The number of amides is 3. The van der Waals surface area contributed by atoms with Crippen molar-refractivity contribution in [1.82, 2.24) is 14.9 Å². The molecule has 4 rings (SSSR count). The highest BCUT2D eigenvalue weighted by atomic mass is 19.1. The molecule has 10 heteroatoms. The molecular weight excluding hydrogens is 441 g/mol. The van der Waals surface area contributed by atoms with Gasteiger partial charge in [0.2, 0.25) is 23.5 Å². The van der Waals surface area contributed by atoms with Crippen molar-refractivity contribution in [1.29, 1.82) is 0 Å². The quantitative estimate of drug-likeness (QED) is 0.552. The number of rotatable bonds is 5. The maximum atomic E-state index is 13.9. The molecule has 1 aliphatic carbocycles. The minimum atomic E-state index is -0.765. The molecule has 3 aromatic heterocycles. The highest BCUT2D eigenvalue weighted by Crippen LogP contribution is 2.34. The van der Waals surface area contributed by atoms with Crippen LogP contribution in [0, 0.1) is 24.7 Å². The van der Waals surface area contributed by atoms with E-state index in [1.165, 1.54) is 6.07 Å². The van der Waals surface area contributed by atoms with Gasteiger partial charge in [-0.2, -0.15) is 4.39 Å². The van der Waals surface area contributed by atoms with Gasteiger partial charge in [-0.15, -0.1) is 0 Å². The first-order valence-electron chi connectivity index (χ1n) is 11.1. The van der Waals surface area contributed by atoms with Gasteiger partial charge in [-0.25, -0.2) is 9.97 Å². The number of halogens is 1. The van der Waals surface area contributed by atoms with E-state index in [-0.39, 0.29) is 46.2 Å². The van der Waals surface area contributed by atoms with Crippen LogP contribution in [0.15, 0.2) is 34.9 Å². The van der Waals surface area contributed by atoms with Gasteiger partial charge in [0.25, 0.3) is 5.91 Å². The average molecular weight is 468 g/mol. The van der Waals surface area contributed by atoms with Gasteiger partial charge < -0.3 is 20.0 Å². The third kappa shape index (κ3) is 4.90. The fourth-order valence-electron chi connectivity index (χ4n) is 4.14. The van der Waals surface area contributed by atoms with Crippen LogP contribution >= 0.6 is 0 Å². The van der Waals surface area contributed by atoms with Crippen LogP contribution in [-0.4, -0.2) is 46.7 Å². The van der Waals surface area contributed by atoms with E-state index < -0.39 is 11.9 Å². The molecule has 0 atom stereocenters. The second kappa shape index (κ2) is 9.58. The van der Waals surface area contributed by atoms with Crippen LogP contribution < -0.4 is 10.6 Å². The number of anilines is 2. The Kier molecular flexibility index (Phi) is 6.58. The average Bonchev–Trinajstić information content (AvgIpc) is 3.17. The molecule has 3 amide bonds. The van der Waals surface area contributed by atoms with Gasteiger partial charge in [0.15, 0.2) is 5.58 Å². The zero-order valence-electron chi connectivity index (χ0n) is 19.2. The lowest BCUT2D eigenvalue weighted by atomic mass is 9.81. The van der Waals surface area contributed by atoms with E-state index in [0.717, 1.165) is 11.6 Å². The Morgan fingerprint density at radius 1 is 1.03 bits per heavy atom. The topological polar surface area (TPSA) is 117 Å². The molecule has 0 radical (unpaired) electrons. The van der Waals surface area contributed by atoms with E-state index in [1.807, 2.05) is 6.92 Å². The largest absolute Gasteiger partial charge is 0.447 e. The van der Waals surface area contributed by atoms with Gasteiger partial charge >= 0.3 is 0 Å². The highest BCUT2D eigenvalue weighted by Gasteiger charge is 2.32. The number of furan rings is 1. The number of fused-ring (bicyclic) bond motifs is 1. The van der Waals surface area contributed by atoms with E-state index >= 15 is 0 Å². The number of hydrogen-bond acceptors (Lipinski definition) is 6. The normalized spacial score (nSPS) is 17.9. The predicted molar refractivity (Wildman–Crippen MR) is 124 cm³/mol. The van der Waals surface area contributed by atoms with Gasteiger partial charge in [-0.3, -0.25) is 14.4 Å². The number of nitrogens with zero attached hydrogens (tertiary/aromatic N) is 3. The van der Waals surface area contributed by atoms with Crippen molar-refractivity contribution >= 4 is 40.3 Å². The number of aromatic nitrogens is 2. The standard InChI is InChI=1S/C24H26FN5O4/c1-13-4-11-18(26-12-13)28-23(32)21-20(19-16(34-21)9-10-17(25)27-19)29-22(31)14-5-7-15(8-6-14)24(33)30(2)3/h4,9-12,14-15H,5-8H2,1-3H3,(H,29,31)(H,26,28,32). The molecule has 0 bridgehead atoms. The van der Waals surface area contributed by atoms with Crippen LogP contribution in [0.1, 0.15) is 41.8 Å². The molecule has 1 saturated carbocycles. The van der Waals surface area contributed by atoms with Crippen LogP contribution in [0.25, 0.3) is 11.1 Å². The number of nitrogens with one attached hydrogen (secondary N) is 2. The molecule has 0 aromatic carbocycles. The molecule has 178 valence electrons. The maximum absolute atomic E-state index is 13.9. The summed E-state index contributed by atoms with van der Waals surface area (Å²) in [5.41, 5.74) is 1.15. The molecule has 9 nitrogen and oxygen atoms in total. The third-order valence-corrected chi connectivity index (χ3v) is 6.00. The summed E-state index contributed by atoms with van der Waals surface area (Å²) in [5.74, 6) is -2.02. The SMILES string of the molecule is Cc1ccc(NC(=O)c2oc3ccc(F)nc3c2NC(=O)C2CCC(C(=O)N(C)C)CC2)nc1. The Bertz CT molecular complexity index is 1230. The second-order valence-electron chi connectivity index (χ2n) is 8.73. The summed E-state index contributed by atoms with van der Waals surface area (Å²) >= 11 is 0. The zero-order chi connectivity index (χ0) is 24.4. The lowest BCUT2D eigenvalue weighted by Crippen LogP contribution is -2.35. The molecule has 0 saturated heterocycles. The number of pyridine rings is 2. The van der Waals surface area contributed by atoms with E-state index in [9.17, 15) is 18.8 Å². The third-order valence-electron chi connectivity index (χ3n) is 6.00. The van der Waals surface area contributed by atoms with Crippen molar-refractivity contribution in [3.63, 3.8) is 0 Å². The number of carbonyl (C=O) groups excluding carboxylic acids is 3. The van der Waals surface area contributed by atoms with Crippen LogP contribution in [0.3, 0.4) is 0 Å². The Balaban J connectivity index is 1.55. The smallest absolute Gasteiger partial charge is 0.294 e. The van der Waals surface area contributed by atoms with Crippen molar-refractivity contribution in [2.24, 2.45) is 11.8 Å². The Morgan fingerprint density at radius 3 is 2.38 bits per heavy atom. The summed E-state index contributed by atoms with van der Waals surface area (Å²) in [6.07, 6.45) is 3.86. The van der Waals surface area contributed by atoms with Gasteiger partial charge in [0, 0.05) is 32.1 Å². The highest BCUT2D eigenvalue weighted by molar-refractivity contribution is 6.13. The van der Waals surface area contributed by atoms with Crippen LogP contribution in [0.4, 0.5) is 15.9 Å². The van der Waals surface area contributed by atoms with Crippen molar-refractivity contribution in [2.45, 2.75) is 32.6 Å². The van der Waals surface area contributed by atoms with Crippen LogP contribution in [0.5, 0.6) is 0 Å². The van der Waals surface area contributed by atoms with Gasteiger partial charge in [-0.1, -0.05) is 6.07 Å². The van der Waals surface area contributed by atoms with E-state index in [1.54, 1.807) is 37.3 Å². The predicted octanol–water partition coefficient (Wildman–Crippen LogP) is 3.76. The molecule has 1 fully saturated rings. The maximum Gasteiger partial charge on any atom is 0.294 e. The molecule has 0 aliphatic heterocycles. The monoisotopic (exact) mass is 467 g/mol. The van der Waals surface area contributed by atoms with E-state index in [2.05, 4.69) is 20.6 Å². The summed E-state index contributed by atoms with van der Waals surface area (Å²) in [4.78, 5) is 47.8. The molecule has 34 heavy (non-hydrogen) atoms. The van der Waals surface area contributed by atoms with Gasteiger partial charge in [-0.05, 0) is 56.4 Å². The summed E-state index contributed by atoms with van der Waals surface area (Å²) in [6, 6.07) is 5.90. The van der Waals surface area contributed by atoms with Crippen LogP contribution in [0.2, 0.25) is 0 Å². The van der Waals surface area contributed by atoms with Crippen molar-refractivity contribution < 1.29 is 23.2 Å². The molecule has 1 aliphatic rings. The number of hydrogen-bond donors (Lipinski definition) is 2. The van der Waals surface area contributed by atoms with Crippen molar-refractivity contribution in [3.8, 4) is 0 Å². The van der Waals surface area contributed by atoms with Gasteiger partial charge in [0.1, 0.15) is 17.0 Å². The Morgan fingerprint density at radius 2 is 1.74 bits per heavy atom. The zero-order valence-corrected chi connectivity index (χ0v) is 19.2. The minimum absolute atomic E-state index is 0.00982. The summed E-state index contributed by atoms with van der Waals surface area (Å²) in [7, 11) is 3.44. The number of aryl methyl sites for hydroxylation is 1. The molecule has 0 unspecified atom stereocenters. The lowest BCUT2D eigenvalue weighted by Gasteiger charge is -2.28. The first-order chi connectivity index (χ1) is 16.2. The first kappa shape index (κ1) is 23.3. The molecule has 3 heterocycles. The van der Waals surface area contributed by atoms with E-state index in [0.29, 0.717) is 31.5 Å². The van der Waals surface area contributed by atoms with Crippen molar-refractivity contribution in [2.75, 3.05) is 24.7 Å². The van der Waals surface area contributed by atoms with Crippen molar-refractivity contribution in [3.05, 3.63) is 47.7 Å². The van der Waals surface area contributed by atoms with E-state index in [4.69, 9.17) is 4.42 Å². The fourth-order valence-corrected chi connectivity index (χ4v) is 4.14. The minimum Gasteiger partial charge on any atom is -0.447 e. The summed E-state index contributed by atoms with van der Waals surface area (Å²) < 4.78 is 19.5. The molecular formula is C24H26FN5O4. The fraction of sp³-hybridized carbons (Fsp3) is 0.375. The lowest BCUT2D eigenvalue weighted by molar-refractivity contribution is -0.135. The van der Waals surface area contributed by atoms with Crippen LogP contribution in [-0.2, 0) is 9.59 Å². The first-order valence-corrected chi connectivity index (χ1v) is 11.1. The number of carbonyl (C=O) groups is 3. The molecule has 0 spiro atoms.